The second kappa shape index (κ2) is 9.27. The molecular formula is C28H20Br2N2. The Morgan fingerprint density at radius 1 is 0.594 bits per heavy atom. The monoisotopic (exact) mass is 542 g/mol. The SMILES string of the molecule is Brc1ccc(C2=CC(c3ccccc3)C(c3ccc(Br)cc3)=NN2c2ccccc2)cc1. The van der Waals surface area contributed by atoms with Crippen molar-refractivity contribution in [3.8, 4) is 0 Å². The van der Waals surface area contributed by atoms with E-state index in [1.165, 1.54) is 5.56 Å². The molecule has 32 heavy (non-hydrogen) atoms. The predicted octanol–water partition coefficient (Wildman–Crippen LogP) is 8.26. The second-order valence-corrected chi connectivity index (χ2v) is 9.42. The quantitative estimate of drug-likeness (QED) is 0.253. The highest BCUT2D eigenvalue weighted by Crippen LogP contribution is 2.37. The summed E-state index contributed by atoms with van der Waals surface area (Å²) in [4.78, 5) is 0. The summed E-state index contributed by atoms with van der Waals surface area (Å²) in [7, 11) is 0. The van der Waals surface area contributed by atoms with Crippen molar-refractivity contribution >= 4 is 49.0 Å². The van der Waals surface area contributed by atoms with Crippen molar-refractivity contribution < 1.29 is 0 Å². The smallest absolute Gasteiger partial charge is 0.0799 e. The Labute approximate surface area is 205 Å². The maximum Gasteiger partial charge on any atom is 0.0799 e. The molecule has 0 radical (unpaired) electrons. The summed E-state index contributed by atoms with van der Waals surface area (Å²) in [6, 6.07) is 37.7. The molecule has 4 aromatic rings. The van der Waals surface area contributed by atoms with Gasteiger partial charge in [0.25, 0.3) is 0 Å². The molecular weight excluding hydrogens is 524 g/mol. The standard InChI is InChI=1S/C28H20Br2N2/c29-23-15-11-21(12-16-23)27-19-26(20-7-3-1-4-8-20)28(22-13-17-24(30)18-14-22)31-32(27)25-9-5-2-6-10-25/h1-19,26H. The third-order valence-corrected chi connectivity index (χ3v) is 6.55. The van der Waals surface area contributed by atoms with Gasteiger partial charge in [0.2, 0.25) is 0 Å². The van der Waals surface area contributed by atoms with Gasteiger partial charge in [0.1, 0.15) is 0 Å². The lowest BCUT2D eigenvalue weighted by atomic mass is 9.87. The molecule has 0 aliphatic carbocycles. The van der Waals surface area contributed by atoms with E-state index >= 15 is 0 Å². The van der Waals surface area contributed by atoms with Crippen LogP contribution in [0.2, 0.25) is 0 Å². The van der Waals surface area contributed by atoms with E-state index in [0.29, 0.717) is 0 Å². The van der Waals surface area contributed by atoms with Crippen molar-refractivity contribution in [2.75, 3.05) is 5.01 Å². The fraction of sp³-hybridized carbons (Fsp3) is 0.0357. The molecule has 0 saturated heterocycles. The number of anilines is 1. The zero-order chi connectivity index (χ0) is 21.9. The van der Waals surface area contributed by atoms with Crippen molar-refractivity contribution in [1.82, 2.24) is 0 Å². The topological polar surface area (TPSA) is 15.6 Å². The van der Waals surface area contributed by atoms with Gasteiger partial charge in [0.05, 0.1) is 17.1 Å². The van der Waals surface area contributed by atoms with Gasteiger partial charge in [0.15, 0.2) is 0 Å². The molecule has 1 atom stereocenters. The van der Waals surface area contributed by atoms with Crippen LogP contribution in [0.1, 0.15) is 22.6 Å². The summed E-state index contributed by atoms with van der Waals surface area (Å²) in [6.07, 6.45) is 2.33. The van der Waals surface area contributed by atoms with Crippen LogP contribution in [-0.4, -0.2) is 5.71 Å². The molecule has 2 nitrogen and oxygen atoms in total. The highest BCUT2D eigenvalue weighted by Gasteiger charge is 2.28. The third kappa shape index (κ3) is 4.34. The molecule has 0 aromatic heterocycles. The lowest BCUT2D eigenvalue weighted by Crippen LogP contribution is -2.27. The van der Waals surface area contributed by atoms with Crippen LogP contribution in [0.25, 0.3) is 5.70 Å². The number of benzene rings is 4. The van der Waals surface area contributed by atoms with Crippen molar-refractivity contribution in [3.05, 3.63) is 141 Å². The number of allylic oxidation sites excluding steroid dienone is 1. The summed E-state index contributed by atoms with van der Waals surface area (Å²) in [5.74, 6) is 0.0379. The fourth-order valence-corrected chi connectivity index (χ4v) is 4.44. The minimum absolute atomic E-state index is 0.0379. The van der Waals surface area contributed by atoms with Gasteiger partial charge in [-0.15, -0.1) is 0 Å². The Kier molecular flexibility index (Phi) is 6.06. The van der Waals surface area contributed by atoms with Gasteiger partial charge in [-0.3, -0.25) is 0 Å². The van der Waals surface area contributed by atoms with Gasteiger partial charge < -0.3 is 0 Å². The Morgan fingerprint density at radius 2 is 1.12 bits per heavy atom. The van der Waals surface area contributed by atoms with Crippen molar-refractivity contribution in [2.45, 2.75) is 5.92 Å². The summed E-state index contributed by atoms with van der Waals surface area (Å²) in [5, 5.41) is 7.30. The Morgan fingerprint density at radius 3 is 1.72 bits per heavy atom. The van der Waals surface area contributed by atoms with Crippen LogP contribution in [-0.2, 0) is 0 Å². The summed E-state index contributed by atoms with van der Waals surface area (Å²) >= 11 is 7.12. The molecule has 0 amide bonds. The van der Waals surface area contributed by atoms with Crippen LogP contribution in [0.5, 0.6) is 0 Å². The lowest BCUT2D eigenvalue weighted by molar-refractivity contribution is 0.996. The van der Waals surface area contributed by atoms with Crippen LogP contribution in [0.3, 0.4) is 0 Å². The molecule has 156 valence electrons. The van der Waals surface area contributed by atoms with Gasteiger partial charge in [-0.25, -0.2) is 5.01 Å². The van der Waals surface area contributed by atoms with E-state index < -0.39 is 0 Å². The van der Waals surface area contributed by atoms with Gasteiger partial charge in [0, 0.05) is 14.9 Å². The van der Waals surface area contributed by atoms with E-state index in [1.54, 1.807) is 0 Å². The maximum atomic E-state index is 5.24. The van der Waals surface area contributed by atoms with Gasteiger partial charge >= 0.3 is 0 Å². The van der Waals surface area contributed by atoms with E-state index in [2.05, 4.69) is 134 Å². The number of halogens is 2. The zero-order valence-corrected chi connectivity index (χ0v) is 20.4. The van der Waals surface area contributed by atoms with Crippen molar-refractivity contribution in [2.24, 2.45) is 5.10 Å². The molecule has 1 aliphatic rings. The minimum atomic E-state index is 0.0379. The zero-order valence-electron chi connectivity index (χ0n) is 17.2. The molecule has 0 fully saturated rings. The molecule has 4 heteroatoms. The first-order chi connectivity index (χ1) is 15.7. The van der Waals surface area contributed by atoms with E-state index in [4.69, 9.17) is 5.10 Å². The molecule has 0 bridgehead atoms. The Hall–Kier alpha value is -2.95. The van der Waals surface area contributed by atoms with Gasteiger partial charge in [-0.2, -0.15) is 5.10 Å². The number of hydrogen-bond acceptors (Lipinski definition) is 2. The van der Waals surface area contributed by atoms with Crippen molar-refractivity contribution in [3.63, 3.8) is 0 Å². The lowest BCUT2D eigenvalue weighted by Gasteiger charge is -2.32. The van der Waals surface area contributed by atoms with Gasteiger partial charge in [-0.05, 0) is 59.2 Å². The Balaban J connectivity index is 1.71. The van der Waals surface area contributed by atoms with E-state index in [-0.39, 0.29) is 5.92 Å². The van der Waals surface area contributed by atoms with Crippen LogP contribution in [0.15, 0.2) is 129 Å². The number of para-hydroxylation sites is 1. The van der Waals surface area contributed by atoms with Crippen molar-refractivity contribution in [1.29, 1.82) is 0 Å². The van der Waals surface area contributed by atoms with Crippen LogP contribution >= 0.6 is 31.9 Å². The minimum Gasteiger partial charge on any atom is -0.233 e. The molecule has 1 heterocycles. The average Bonchev–Trinajstić information content (AvgIpc) is 2.85. The maximum absolute atomic E-state index is 5.24. The number of hydrazone groups is 1. The highest BCUT2D eigenvalue weighted by atomic mass is 79.9. The first-order valence-corrected chi connectivity index (χ1v) is 12.0. The predicted molar refractivity (Wildman–Crippen MR) is 141 cm³/mol. The molecule has 1 unspecified atom stereocenters. The van der Waals surface area contributed by atoms with E-state index in [9.17, 15) is 0 Å². The second-order valence-electron chi connectivity index (χ2n) is 7.59. The highest BCUT2D eigenvalue weighted by molar-refractivity contribution is 9.10. The van der Waals surface area contributed by atoms with Crippen LogP contribution < -0.4 is 5.01 Å². The molecule has 0 saturated carbocycles. The molecule has 1 aliphatic heterocycles. The molecule has 4 aromatic carbocycles. The summed E-state index contributed by atoms with van der Waals surface area (Å²) < 4.78 is 2.11. The largest absolute Gasteiger partial charge is 0.233 e. The van der Waals surface area contributed by atoms with E-state index in [1.807, 2.05) is 18.2 Å². The average molecular weight is 544 g/mol. The van der Waals surface area contributed by atoms with Crippen LogP contribution in [0.4, 0.5) is 5.69 Å². The number of nitrogens with zero attached hydrogens (tertiary/aromatic N) is 2. The number of rotatable bonds is 4. The first kappa shape index (κ1) is 20.9. The summed E-state index contributed by atoms with van der Waals surface area (Å²) in [6.45, 7) is 0. The molecule has 0 N–H and O–H groups in total. The Bertz CT molecular complexity index is 1160. The first-order valence-electron chi connectivity index (χ1n) is 10.4. The van der Waals surface area contributed by atoms with E-state index in [0.717, 1.165) is 37.2 Å². The third-order valence-electron chi connectivity index (χ3n) is 5.49. The van der Waals surface area contributed by atoms with Crippen LogP contribution in [0, 0.1) is 0 Å². The molecule has 0 spiro atoms. The summed E-state index contributed by atoms with van der Waals surface area (Å²) in [5.41, 5.74) is 6.57. The van der Waals surface area contributed by atoms with Gasteiger partial charge in [-0.1, -0.05) is 105 Å². The number of hydrogen-bond donors (Lipinski definition) is 0. The molecule has 5 rings (SSSR count). The normalized spacial score (nSPS) is 15.8. The fourth-order valence-electron chi connectivity index (χ4n) is 3.91.